The van der Waals surface area contributed by atoms with E-state index in [0.29, 0.717) is 35.1 Å². The van der Waals surface area contributed by atoms with Crippen LogP contribution < -0.4 is 31.3 Å². The number of anilines is 2. The Labute approximate surface area is 406 Å². The van der Waals surface area contributed by atoms with Gasteiger partial charge in [0.1, 0.15) is 46.8 Å². The van der Waals surface area contributed by atoms with Gasteiger partial charge in [-0.1, -0.05) is 54.5 Å². The number of hydrogen-bond acceptors (Lipinski definition) is 14. The zero-order valence-corrected chi connectivity index (χ0v) is 41.8. The first-order chi connectivity index (χ1) is 32.0. The van der Waals surface area contributed by atoms with E-state index in [0.717, 1.165) is 16.7 Å². The number of ether oxygens (including phenoxy) is 5. The van der Waals surface area contributed by atoms with Crippen molar-refractivity contribution in [1.29, 1.82) is 0 Å². The molecule has 4 bridgehead atoms. The van der Waals surface area contributed by atoms with Crippen LogP contribution in [0.1, 0.15) is 71.9 Å². The molecule has 68 heavy (non-hydrogen) atoms. The number of carbonyl (C=O) groups is 6. The Morgan fingerprint density at radius 1 is 1.12 bits per heavy atom. The summed E-state index contributed by atoms with van der Waals surface area (Å²) >= 11 is 8.32. The third-order valence-corrected chi connectivity index (χ3v) is 14.1. The van der Waals surface area contributed by atoms with Gasteiger partial charge in [-0.3, -0.25) is 24.5 Å². The van der Waals surface area contributed by atoms with Crippen LogP contribution in [0.2, 0.25) is 5.02 Å². The van der Waals surface area contributed by atoms with Gasteiger partial charge in [0.25, 0.3) is 0 Å². The Morgan fingerprint density at radius 2 is 1.81 bits per heavy atom. The van der Waals surface area contributed by atoms with Gasteiger partial charge in [-0.15, -0.1) is 0 Å². The van der Waals surface area contributed by atoms with E-state index in [1.165, 1.54) is 49.8 Å². The van der Waals surface area contributed by atoms with Gasteiger partial charge in [0, 0.05) is 57.2 Å². The number of nitrogens with one attached hydrogen (secondary N) is 3. The zero-order valence-electron chi connectivity index (χ0n) is 40.3. The molecule has 2 fully saturated rings. The molecule has 2 saturated heterocycles. The van der Waals surface area contributed by atoms with Crippen LogP contribution in [0, 0.1) is 5.92 Å². The molecule has 20 heteroatoms. The number of halogens is 1. The van der Waals surface area contributed by atoms with Crippen LogP contribution in [0.4, 0.5) is 16.2 Å². The molecule has 6 N–H and O–H groups in total. The van der Waals surface area contributed by atoms with E-state index in [2.05, 4.69) is 16.0 Å². The molecule has 0 aromatic heterocycles. The maximum atomic E-state index is 14.3. The quantitative estimate of drug-likeness (QED) is 0.0986. The molecule has 0 saturated carbocycles. The number of fused-ring (bicyclic) bond motifs is 5. The van der Waals surface area contributed by atoms with E-state index in [4.69, 9.17) is 41.0 Å². The molecule has 10 atom stereocenters. The van der Waals surface area contributed by atoms with Crippen molar-refractivity contribution in [2.75, 3.05) is 44.3 Å². The molecule has 0 aliphatic carbocycles. The van der Waals surface area contributed by atoms with Gasteiger partial charge < -0.3 is 55.0 Å². The first-order valence-electron chi connectivity index (χ1n) is 22.4. The molecule has 372 valence electrons. The van der Waals surface area contributed by atoms with Gasteiger partial charge in [-0.2, -0.15) is 11.8 Å². The Hall–Kier alpha value is -5.18. The molecule has 5 amide bonds. The fourth-order valence-electron chi connectivity index (χ4n) is 8.09. The van der Waals surface area contributed by atoms with Gasteiger partial charge in [-0.25, -0.2) is 9.59 Å². The minimum Gasteiger partial charge on any atom is -0.495 e. The summed E-state index contributed by atoms with van der Waals surface area (Å²) < 4.78 is 29.4. The number of thioether (sulfide) groups is 1. The third kappa shape index (κ3) is 13.1. The number of likely N-dealkylation sites (N-methyl/N-ethyl adjacent to an activating group) is 1. The van der Waals surface area contributed by atoms with E-state index < -0.39 is 83.7 Å². The number of nitrogens with two attached hydrogens (primary N) is 1. The first-order valence-corrected chi connectivity index (χ1v) is 23.9. The number of methoxy groups -OCH3 is 2. The molecule has 0 radical (unpaired) electrons. The lowest BCUT2D eigenvalue weighted by molar-refractivity contribution is -0.162. The van der Waals surface area contributed by atoms with E-state index in [1.807, 2.05) is 25.1 Å². The maximum absolute atomic E-state index is 14.3. The molecule has 18 nitrogen and oxygen atoms in total. The second-order valence-corrected chi connectivity index (χ2v) is 19.4. The summed E-state index contributed by atoms with van der Waals surface area (Å²) in [5.74, 6) is -1.56. The minimum atomic E-state index is -1.86. The van der Waals surface area contributed by atoms with Crippen molar-refractivity contribution in [3.8, 4) is 5.75 Å². The van der Waals surface area contributed by atoms with Crippen LogP contribution in [0.3, 0.4) is 0 Å². The molecule has 0 spiro atoms. The summed E-state index contributed by atoms with van der Waals surface area (Å²) in [6.45, 7) is 10.0. The summed E-state index contributed by atoms with van der Waals surface area (Å²) in [4.78, 5) is 81.8. The molecule has 3 aliphatic rings. The van der Waals surface area contributed by atoms with E-state index in [1.54, 1.807) is 71.2 Å². The topological polar surface area (TPSA) is 241 Å². The molecule has 3 heterocycles. The number of allylic oxidation sites excluding steroid dienone is 3. The summed E-state index contributed by atoms with van der Waals surface area (Å²) in [6.07, 6.45) is 0.743. The fraction of sp³-hybridized carbons (Fsp3) is 0.542. The average Bonchev–Trinajstić information content (AvgIpc) is 3.99. The SMILES string of the molecule is COc1cc2cc(c1Cl)N(C)C(=O)CC(OC(=O)C(C)N(C)C(=O)CCSCc1ccc(NC(=O)C(C)NC(=O)C(C)N)cc1)C1(C)OC1C(C)C1CC(O)(NC(=O)O1)C(OC)C=CC=C(C)C2. The Balaban J connectivity index is 1.29. The number of epoxide rings is 1. The number of aliphatic hydroxyl groups is 1. The highest BCUT2D eigenvalue weighted by Gasteiger charge is 2.64. The van der Waals surface area contributed by atoms with Gasteiger partial charge in [0.05, 0.1) is 31.4 Å². The predicted molar refractivity (Wildman–Crippen MR) is 258 cm³/mol. The van der Waals surface area contributed by atoms with E-state index in [-0.39, 0.29) is 36.1 Å². The van der Waals surface area contributed by atoms with Crippen LogP contribution in [0.15, 0.2) is 60.2 Å². The smallest absolute Gasteiger partial charge is 0.409 e. The monoisotopic (exact) mass is 984 g/mol. The Bertz CT molecular complexity index is 2260. The van der Waals surface area contributed by atoms with Crippen LogP contribution in [0.25, 0.3) is 0 Å². The minimum absolute atomic E-state index is 0.0795. The lowest BCUT2D eigenvalue weighted by atomic mass is 9.83. The van der Waals surface area contributed by atoms with Crippen LogP contribution in [0.5, 0.6) is 5.75 Å². The maximum Gasteiger partial charge on any atom is 0.409 e. The molecule has 10 unspecified atom stereocenters. The largest absolute Gasteiger partial charge is 0.495 e. The second kappa shape index (κ2) is 23.0. The van der Waals surface area contributed by atoms with E-state index >= 15 is 0 Å². The highest BCUT2D eigenvalue weighted by atomic mass is 35.5. The van der Waals surface area contributed by atoms with Crippen molar-refractivity contribution in [2.24, 2.45) is 11.7 Å². The molecule has 5 rings (SSSR count). The van der Waals surface area contributed by atoms with Crippen molar-refractivity contribution in [2.45, 2.75) is 127 Å². The van der Waals surface area contributed by atoms with Gasteiger partial charge in [0.15, 0.2) is 5.72 Å². The molecular weight excluding hydrogens is 920 g/mol. The number of nitrogens with zero attached hydrogens (tertiary/aromatic N) is 2. The number of benzene rings is 2. The lowest BCUT2D eigenvalue weighted by Gasteiger charge is -2.42. The highest BCUT2D eigenvalue weighted by molar-refractivity contribution is 7.98. The Kier molecular flexibility index (Phi) is 18.1. The number of amides is 5. The second-order valence-electron chi connectivity index (χ2n) is 17.9. The van der Waals surface area contributed by atoms with Crippen LogP contribution in [-0.4, -0.2) is 134 Å². The van der Waals surface area contributed by atoms with Gasteiger partial charge in [0.2, 0.25) is 23.6 Å². The van der Waals surface area contributed by atoms with Crippen LogP contribution >= 0.6 is 23.4 Å². The number of rotatable bonds is 14. The van der Waals surface area contributed by atoms with Crippen LogP contribution in [-0.2, 0) is 55.1 Å². The lowest BCUT2D eigenvalue weighted by Crippen LogP contribution is -2.63. The third-order valence-electron chi connectivity index (χ3n) is 12.6. The van der Waals surface area contributed by atoms with E-state index in [9.17, 15) is 33.9 Å². The van der Waals surface area contributed by atoms with Crippen molar-refractivity contribution < 1.29 is 57.6 Å². The fourth-order valence-corrected chi connectivity index (χ4v) is 9.29. The average molecular weight is 986 g/mol. The molecule has 2 aromatic carbocycles. The number of esters is 1. The van der Waals surface area contributed by atoms with Crippen molar-refractivity contribution in [3.05, 3.63) is 76.3 Å². The standard InChI is InChI=1S/C48H65ClN6O12S/c1-26-12-11-13-37(64-10)48(62)24-36(65-46(61)53-48)27(2)42-47(6,67-42)38(23-40(57)55(8)34-21-32(20-26)22-35(63-9)41(34)49)66-45(60)30(5)54(7)39(56)18-19-68-25-31-14-16-33(17-15-31)52-44(59)29(4)51-43(58)28(3)50/h11-17,21-22,27-30,36-38,42,62H,18-20,23-25,50H2,1-10H3,(H,51,58)(H,52,59)(H,53,61). The molecule has 3 aliphatic heterocycles. The number of hydrogen-bond donors (Lipinski definition) is 5. The zero-order chi connectivity index (χ0) is 50.2. The normalized spacial score (nSPS) is 26.4. The summed E-state index contributed by atoms with van der Waals surface area (Å²) in [6, 6.07) is 8.18. The predicted octanol–water partition coefficient (Wildman–Crippen LogP) is 4.63. The summed E-state index contributed by atoms with van der Waals surface area (Å²) in [7, 11) is 5.97. The summed E-state index contributed by atoms with van der Waals surface area (Å²) in [5, 5.41) is 19.9. The summed E-state index contributed by atoms with van der Waals surface area (Å²) in [5.41, 5.74) is 6.01. The molecular formula is C48H65ClN6O12S. The number of carbonyl (C=O) groups excluding carboxylic acids is 6. The van der Waals surface area contributed by atoms with Crippen molar-refractivity contribution in [1.82, 2.24) is 15.5 Å². The van der Waals surface area contributed by atoms with Gasteiger partial charge >= 0.3 is 12.1 Å². The number of alkyl carbamates (subject to hydrolysis) is 1. The first kappa shape index (κ1) is 53.8. The highest BCUT2D eigenvalue weighted by Crippen LogP contribution is 2.49. The molecule has 2 aromatic rings. The van der Waals surface area contributed by atoms with Crippen molar-refractivity contribution >= 4 is 70.4 Å². The van der Waals surface area contributed by atoms with Gasteiger partial charge in [-0.05, 0) is 76.4 Å². The Morgan fingerprint density at radius 3 is 2.46 bits per heavy atom. The van der Waals surface area contributed by atoms with Crippen molar-refractivity contribution in [3.63, 3.8) is 0 Å².